The number of carbonyl (C=O) groups excluding carboxylic acids is 1. The lowest BCUT2D eigenvalue weighted by atomic mass is 10.2. The molecule has 1 rings (SSSR count). The van der Waals surface area contributed by atoms with Crippen molar-refractivity contribution in [3.63, 3.8) is 0 Å². The van der Waals surface area contributed by atoms with Gasteiger partial charge in [0.05, 0.1) is 33.7 Å². The number of amides is 1. The molecule has 0 aromatic carbocycles. The zero-order chi connectivity index (χ0) is 12.4. The first-order valence-corrected chi connectivity index (χ1v) is 6.00. The SMILES string of the molecule is CC(C)(C)OC(=O)N1CCC[N+](C)(C)CC1. The highest BCUT2D eigenvalue weighted by Gasteiger charge is 2.27. The van der Waals surface area contributed by atoms with Crippen LogP contribution in [0.4, 0.5) is 4.79 Å². The molecule has 0 bridgehead atoms. The highest BCUT2D eigenvalue weighted by molar-refractivity contribution is 5.68. The van der Waals surface area contributed by atoms with Gasteiger partial charge in [0.2, 0.25) is 0 Å². The molecule has 0 aromatic heterocycles. The number of rotatable bonds is 0. The molecule has 0 saturated carbocycles. The summed E-state index contributed by atoms with van der Waals surface area (Å²) in [7, 11) is 4.41. The zero-order valence-corrected chi connectivity index (χ0v) is 11.2. The average Bonchev–Trinajstić information content (AvgIpc) is 2.23. The maximum atomic E-state index is 11.9. The van der Waals surface area contributed by atoms with Crippen LogP contribution >= 0.6 is 0 Å². The van der Waals surface area contributed by atoms with Gasteiger partial charge in [0.1, 0.15) is 5.60 Å². The van der Waals surface area contributed by atoms with Crippen molar-refractivity contribution in [2.75, 3.05) is 40.3 Å². The van der Waals surface area contributed by atoms with E-state index in [1.165, 1.54) is 0 Å². The smallest absolute Gasteiger partial charge is 0.410 e. The molecule has 0 aromatic rings. The summed E-state index contributed by atoms with van der Waals surface area (Å²) < 4.78 is 6.37. The van der Waals surface area contributed by atoms with E-state index in [1.54, 1.807) is 0 Å². The molecule has 1 aliphatic heterocycles. The normalized spacial score (nSPS) is 21.4. The van der Waals surface area contributed by atoms with Gasteiger partial charge in [-0.05, 0) is 20.8 Å². The summed E-state index contributed by atoms with van der Waals surface area (Å²) in [4.78, 5) is 13.7. The van der Waals surface area contributed by atoms with Crippen molar-refractivity contribution in [2.45, 2.75) is 32.8 Å². The van der Waals surface area contributed by atoms with Gasteiger partial charge in [-0.3, -0.25) is 0 Å². The monoisotopic (exact) mass is 229 g/mol. The Kier molecular flexibility index (Phi) is 3.84. The lowest BCUT2D eigenvalue weighted by Gasteiger charge is -2.28. The first-order chi connectivity index (χ1) is 7.20. The second-order valence-electron chi connectivity index (χ2n) is 6.20. The van der Waals surface area contributed by atoms with E-state index in [0.717, 1.165) is 37.1 Å². The van der Waals surface area contributed by atoms with E-state index in [9.17, 15) is 4.79 Å². The minimum Gasteiger partial charge on any atom is -0.444 e. The number of carbonyl (C=O) groups is 1. The summed E-state index contributed by atoms with van der Waals surface area (Å²) in [5, 5.41) is 0. The standard InChI is InChI=1S/C12H25N2O2/c1-12(2,3)16-11(15)13-7-6-9-14(4,5)10-8-13/h6-10H2,1-5H3/q+1. The molecular formula is C12H25N2O2+. The molecule has 4 heteroatoms. The van der Waals surface area contributed by atoms with Crippen LogP contribution in [0.3, 0.4) is 0 Å². The van der Waals surface area contributed by atoms with Gasteiger partial charge >= 0.3 is 6.09 Å². The Morgan fingerprint density at radius 2 is 1.81 bits per heavy atom. The molecule has 0 atom stereocenters. The van der Waals surface area contributed by atoms with Gasteiger partial charge in [-0.2, -0.15) is 0 Å². The Labute approximate surface area is 98.8 Å². The molecule has 1 aliphatic rings. The topological polar surface area (TPSA) is 29.5 Å². The predicted molar refractivity (Wildman–Crippen MR) is 64.3 cm³/mol. The van der Waals surface area contributed by atoms with Crippen LogP contribution in [0.25, 0.3) is 0 Å². The van der Waals surface area contributed by atoms with Gasteiger partial charge in [0.25, 0.3) is 0 Å². The third kappa shape index (κ3) is 4.39. The van der Waals surface area contributed by atoms with Crippen molar-refractivity contribution >= 4 is 6.09 Å². The minimum absolute atomic E-state index is 0.172. The maximum absolute atomic E-state index is 11.9. The van der Waals surface area contributed by atoms with Crippen LogP contribution in [0, 0.1) is 0 Å². The van der Waals surface area contributed by atoms with Crippen molar-refractivity contribution in [3.8, 4) is 0 Å². The third-order valence-electron chi connectivity index (χ3n) is 2.82. The van der Waals surface area contributed by atoms with E-state index in [1.807, 2.05) is 25.7 Å². The Morgan fingerprint density at radius 1 is 1.19 bits per heavy atom. The molecule has 94 valence electrons. The number of hydrogen-bond donors (Lipinski definition) is 0. The predicted octanol–water partition coefficient (Wildman–Crippen LogP) is 1.70. The van der Waals surface area contributed by atoms with Crippen molar-refractivity contribution in [2.24, 2.45) is 0 Å². The highest BCUT2D eigenvalue weighted by Crippen LogP contribution is 2.13. The van der Waals surface area contributed by atoms with Crippen LogP contribution in [-0.2, 0) is 4.74 Å². The number of quaternary nitrogens is 1. The van der Waals surface area contributed by atoms with Gasteiger partial charge < -0.3 is 14.1 Å². The van der Waals surface area contributed by atoms with E-state index in [2.05, 4.69) is 14.1 Å². The van der Waals surface area contributed by atoms with E-state index in [-0.39, 0.29) is 6.09 Å². The molecule has 1 saturated heterocycles. The Bertz CT molecular complexity index is 256. The molecule has 1 heterocycles. The van der Waals surface area contributed by atoms with Crippen LogP contribution in [0.5, 0.6) is 0 Å². The van der Waals surface area contributed by atoms with Crippen molar-refractivity contribution in [1.29, 1.82) is 0 Å². The van der Waals surface area contributed by atoms with Gasteiger partial charge in [-0.25, -0.2) is 4.79 Å². The molecule has 4 nitrogen and oxygen atoms in total. The fourth-order valence-corrected chi connectivity index (χ4v) is 1.81. The van der Waals surface area contributed by atoms with Crippen LogP contribution in [0.15, 0.2) is 0 Å². The van der Waals surface area contributed by atoms with Gasteiger partial charge in [0.15, 0.2) is 0 Å². The largest absolute Gasteiger partial charge is 0.444 e. The van der Waals surface area contributed by atoms with Crippen LogP contribution in [-0.4, -0.2) is 61.4 Å². The Morgan fingerprint density at radius 3 is 2.38 bits per heavy atom. The van der Waals surface area contributed by atoms with E-state index >= 15 is 0 Å². The van der Waals surface area contributed by atoms with Crippen molar-refractivity contribution in [1.82, 2.24) is 4.90 Å². The molecule has 0 radical (unpaired) electrons. The lowest BCUT2D eigenvalue weighted by molar-refractivity contribution is -0.888. The summed E-state index contributed by atoms with van der Waals surface area (Å²) in [6.07, 6.45) is 0.876. The van der Waals surface area contributed by atoms with Crippen LogP contribution in [0.1, 0.15) is 27.2 Å². The summed E-state index contributed by atoms with van der Waals surface area (Å²) in [6, 6.07) is 0. The quantitative estimate of drug-likeness (QED) is 0.592. The molecule has 1 amide bonds. The molecule has 0 aliphatic carbocycles. The Balaban J connectivity index is 2.52. The molecule has 0 N–H and O–H groups in total. The second kappa shape index (κ2) is 4.62. The van der Waals surface area contributed by atoms with Gasteiger partial charge in [0, 0.05) is 13.0 Å². The van der Waals surface area contributed by atoms with E-state index in [4.69, 9.17) is 4.74 Å². The number of nitrogens with zero attached hydrogens (tertiary/aromatic N) is 2. The first kappa shape index (κ1) is 13.3. The average molecular weight is 229 g/mol. The van der Waals surface area contributed by atoms with Crippen LogP contribution < -0.4 is 0 Å². The number of hydrogen-bond acceptors (Lipinski definition) is 2. The maximum Gasteiger partial charge on any atom is 0.410 e. The summed E-state index contributed by atoms with van der Waals surface area (Å²) in [6.45, 7) is 9.45. The number of likely N-dealkylation sites (N-methyl/N-ethyl adjacent to an activating group) is 1. The fourth-order valence-electron chi connectivity index (χ4n) is 1.81. The third-order valence-corrected chi connectivity index (χ3v) is 2.82. The van der Waals surface area contributed by atoms with E-state index in [0.29, 0.717) is 0 Å². The number of ether oxygens (including phenoxy) is 1. The summed E-state index contributed by atoms with van der Waals surface area (Å²) in [5.41, 5.74) is -0.395. The second-order valence-corrected chi connectivity index (χ2v) is 6.20. The summed E-state index contributed by atoms with van der Waals surface area (Å²) in [5.74, 6) is 0. The molecule has 0 unspecified atom stereocenters. The first-order valence-electron chi connectivity index (χ1n) is 6.00. The van der Waals surface area contributed by atoms with Crippen LogP contribution in [0.2, 0.25) is 0 Å². The van der Waals surface area contributed by atoms with Crippen molar-refractivity contribution < 1.29 is 14.0 Å². The van der Waals surface area contributed by atoms with Gasteiger partial charge in [-0.1, -0.05) is 0 Å². The van der Waals surface area contributed by atoms with E-state index < -0.39 is 5.60 Å². The molecule has 16 heavy (non-hydrogen) atoms. The molecular weight excluding hydrogens is 204 g/mol. The molecule has 0 spiro atoms. The minimum atomic E-state index is -0.395. The molecule has 1 fully saturated rings. The fraction of sp³-hybridized carbons (Fsp3) is 0.917. The Hall–Kier alpha value is -0.770. The van der Waals surface area contributed by atoms with Gasteiger partial charge in [-0.15, -0.1) is 0 Å². The summed E-state index contributed by atoms with van der Waals surface area (Å²) >= 11 is 0. The lowest BCUT2D eigenvalue weighted by Crippen LogP contribution is -2.44. The van der Waals surface area contributed by atoms with Crippen molar-refractivity contribution in [3.05, 3.63) is 0 Å². The highest BCUT2D eigenvalue weighted by atomic mass is 16.6. The zero-order valence-electron chi connectivity index (χ0n) is 11.2.